The van der Waals surface area contributed by atoms with E-state index in [1.165, 1.54) is 0 Å². The molecule has 0 atom stereocenters. The second-order valence-corrected chi connectivity index (χ2v) is 4.23. The topological polar surface area (TPSA) is 69.6 Å². The van der Waals surface area contributed by atoms with Gasteiger partial charge in [0, 0.05) is 12.4 Å². The molecule has 0 aliphatic heterocycles. The molecule has 0 fully saturated rings. The summed E-state index contributed by atoms with van der Waals surface area (Å²) in [6.45, 7) is 0.622. The van der Waals surface area contributed by atoms with Crippen molar-refractivity contribution >= 4 is 28.6 Å². The van der Waals surface area contributed by atoms with Crippen molar-refractivity contribution < 1.29 is 0 Å². The van der Waals surface area contributed by atoms with Crippen LogP contribution in [0.15, 0.2) is 36.7 Å². The number of nitrogen functional groups attached to an aromatic ring is 1. The summed E-state index contributed by atoms with van der Waals surface area (Å²) in [4.78, 5) is 12.4. The molecule has 0 amide bonds. The zero-order valence-corrected chi connectivity index (χ0v) is 10.2. The van der Waals surface area contributed by atoms with Crippen molar-refractivity contribution in [2.75, 3.05) is 5.73 Å². The molecular weight excluding hydrogens is 250 g/mol. The van der Waals surface area contributed by atoms with Crippen LogP contribution in [0.2, 0.25) is 5.15 Å². The molecule has 0 bridgehead atoms. The summed E-state index contributed by atoms with van der Waals surface area (Å²) < 4.78 is 1.96. The molecule has 18 heavy (non-hydrogen) atoms. The van der Waals surface area contributed by atoms with Gasteiger partial charge in [-0.25, -0.2) is 4.98 Å². The Hall–Kier alpha value is -2.14. The van der Waals surface area contributed by atoms with Gasteiger partial charge in [0.2, 0.25) is 5.95 Å². The summed E-state index contributed by atoms with van der Waals surface area (Å²) in [6.07, 6.45) is 3.66. The lowest BCUT2D eigenvalue weighted by Crippen LogP contribution is -2.02. The zero-order valence-electron chi connectivity index (χ0n) is 9.42. The summed E-state index contributed by atoms with van der Waals surface area (Å²) in [5.74, 6) is 0.183. The second-order valence-electron chi connectivity index (χ2n) is 3.87. The number of anilines is 1. The van der Waals surface area contributed by atoms with Crippen molar-refractivity contribution in [3.05, 3.63) is 47.5 Å². The standard InChI is InChI=1S/C12H10ClN5/c13-11-10-9(16-12(14)17-11)4-6-18(10)7-8-3-1-2-5-15-8/h1-6H,7H2,(H2,14,16,17). The fraction of sp³-hybridized carbons (Fsp3) is 0.0833. The first-order chi connectivity index (χ1) is 8.74. The van der Waals surface area contributed by atoms with E-state index in [1.807, 2.05) is 35.0 Å². The van der Waals surface area contributed by atoms with Crippen LogP contribution >= 0.6 is 11.6 Å². The third kappa shape index (κ3) is 1.89. The first kappa shape index (κ1) is 11.0. The SMILES string of the molecule is Nc1nc(Cl)c2c(ccn2Cc2ccccn2)n1. The van der Waals surface area contributed by atoms with Crippen molar-refractivity contribution in [3.63, 3.8) is 0 Å². The number of hydrogen-bond donors (Lipinski definition) is 1. The van der Waals surface area contributed by atoms with Crippen LogP contribution in [0.5, 0.6) is 0 Å². The molecular formula is C12H10ClN5. The normalized spacial score (nSPS) is 10.9. The van der Waals surface area contributed by atoms with E-state index in [0.717, 1.165) is 16.7 Å². The molecule has 0 aliphatic carbocycles. The summed E-state index contributed by atoms with van der Waals surface area (Å²) in [7, 11) is 0. The highest BCUT2D eigenvalue weighted by Gasteiger charge is 2.09. The van der Waals surface area contributed by atoms with Gasteiger partial charge in [-0.3, -0.25) is 4.98 Å². The number of pyridine rings is 1. The van der Waals surface area contributed by atoms with E-state index >= 15 is 0 Å². The lowest BCUT2D eigenvalue weighted by molar-refractivity contribution is 0.806. The Morgan fingerprint density at radius 3 is 2.89 bits per heavy atom. The van der Waals surface area contributed by atoms with Crippen molar-refractivity contribution in [2.24, 2.45) is 0 Å². The minimum absolute atomic E-state index is 0.183. The molecule has 3 aromatic rings. The van der Waals surface area contributed by atoms with Crippen LogP contribution in [-0.2, 0) is 6.54 Å². The maximum Gasteiger partial charge on any atom is 0.222 e. The van der Waals surface area contributed by atoms with E-state index in [9.17, 15) is 0 Å². The van der Waals surface area contributed by atoms with Gasteiger partial charge in [-0.05, 0) is 18.2 Å². The van der Waals surface area contributed by atoms with Crippen LogP contribution in [0.3, 0.4) is 0 Å². The molecule has 0 aromatic carbocycles. The molecule has 0 unspecified atom stereocenters. The van der Waals surface area contributed by atoms with E-state index in [-0.39, 0.29) is 5.95 Å². The quantitative estimate of drug-likeness (QED) is 0.716. The van der Waals surface area contributed by atoms with Crippen LogP contribution in [0.1, 0.15) is 5.69 Å². The predicted octanol–water partition coefficient (Wildman–Crippen LogP) is 2.11. The molecule has 0 saturated carbocycles. The summed E-state index contributed by atoms with van der Waals surface area (Å²) in [5.41, 5.74) is 8.02. The largest absolute Gasteiger partial charge is 0.368 e. The highest BCUT2D eigenvalue weighted by molar-refractivity contribution is 6.33. The van der Waals surface area contributed by atoms with Crippen molar-refractivity contribution in [1.29, 1.82) is 0 Å². The van der Waals surface area contributed by atoms with Gasteiger partial charge in [-0.1, -0.05) is 17.7 Å². The van der Waals surface area contributed by atoms with Gasteiger partial charge in [0.25, 0.3) is 0 Å². The lowest BCUT2D eigenvalue weighted by Gasteiger charge is -2.05. The van der Waals surface area contributed by atoms with Gasteiger partial charge < -0.3 is 10.3 Å². The molecule has 3 heterocycles. The number of halogens is 1. The maximum atomic E-state index is 6.10. The van der Waals surface area contributed by atoms with Gasteiger partial charge in [-0.2, -0.15) is 4.98 Å². The van der Waals surface area contributed by atoms with Gasteiger partial charge >= 0.3 is 0 Å². The van der Waals surface area contributed by atoms with Crippen molar-refractivity contribution in [3.8, 4) is 0 Å². The zero-order chi connectivity index (χ0) is 12.5. The van der Waals surface area contributed by atoms with Gasteiger partial charge in [-0.15, -0.1) is 0 Å². The lowest BCUT2D eigenvalue weighted by atomic mass is 10.3. The number of hydrogen-bond acceptors (Lipinski definition) is 4. The molecule has 0 radical (unpaired) electrons. The Balaban J connectivity index is 2.08. The third-order valence-corrected chi connectivity index (χ3v) is 2.91. The summed E-state index contributed by atoms with van der Waals surface area (Å²) >= 11 is 6.10. The Kier molecular flexibility index (Phi) is 2.60. The van der Waals surface area contributed by atoms with Crippen LogP contribution in [0.4, 0.5) is 5.95 Å². The second kappa shape index (κ2) is 4.27. The molecule has 3 aromatic heterocycles. The van der Waals surface area contributed by atoms with Crippen LogP contribution < -0.4 is 5.73 Å². The maximum absolute atomic E-state index is 6.10. The molecule has 3 rings (SSSR count). The van der Waals surface area contributed by atoms with Crippen LogP contribution in [0, 0.1) is 0 Å². The Labute approximate surface area is 108 Å². The number of nitrogens with zero attached hydrogens (tertiary/aromatic N) is 4. The Morgan fingerprint density at radius 1 is 1.22 bits per heavy atom. The molecule has 2 N–H and O–H groups in total. The fourth-order valence-corrected chi connectivity index (χ4v) is 2.17. The van der Waals surface area contributed by atoms with E-state index in [2.05, 4.69) is 15.0 Å². The smallest absolute Gasteiger partial charge is 0.222 e. The molecule has 90 valence electrons. The highest BCUT2D eigenvalue weighted by Crippen LogP contribution is 2.22. The van der Waals surface area contributed by atoms with Crippen LogP contribution in [-0.4, -0.2) is 19.5 Å². The molecule has 5 nitrogen and oxygen atoms in total. The monoisotopic (exact) mass is 259 g/mol. The van der Waals surface area contributed by atoms with Gasteiger partial charge in [0.15, 0.2) is 5.15 Å². The Morgan fingerprint density at radius 2 is 2.11 bits per heavy atom. The van der Waals surface area contributed by atoms with E-state index in [0.29, 0.717) is 11.7 Å². The highest BCUT2D eigenvalue weighted by atomic mass is 35.5. The summed E-state index contributed by atoms with van der Waals surface area (Å²) in [6, 6.07) is 7.65. The first-order valence-electron chi connectivity index (χ1n) is 5.42. The predicted molar refractivity (Wildman–Crippen MR) is 70.3 cm³/mol. The Bertz CT molecular complexity index is 692. The van der Waals surface area contributed by atoms with Gasteiger partial charge in [0.1, 0.15) is 5.52 Å². The molecule has 0 saturated heterocycles. The molecule has 6 heteroatoms. The number of nitrogens with two attached hydrogens (primary N) is 1. The number of rotatable bonds is 2. The third-order valence-electron chi connectivity index (χ3n) is 2.64. The number of aromatic nitrogens is 4. The van der Waals surface area contributed by atoms with Gasteiger partial charge in [0.05, 0.1) is 17.8 Å². The first-order valence-corrected chi connectivity index (χ1v) is 5.79. The van der Waals surface area contributed by atoms with Crippen molar-refractivity contribution in [1.82, 2.24) is 19.5 Å². The number of fused-ring (bicyclic) bond motifs is 1. The van der Waals surface area contributed by atoms with E-state index in [4.69, 9.17) is 17.3 Å². The minimum atomic E-state index is 0.183. The average molecular weight is 260 g/mol. The summed E-state index contributed by atoms with van der Waals surface area (Å²) in [5, 5.41) is 0.360. The van der Waals surface area contributed by atoms with E-state index in [1.54, 1.807) is 6.20 Å². The fourth-order valence-electron chi connectivity index (χ4n) is 1.88. The van der Waals surface area contributed by atoms with Crippen molar-refractivity contribution in [2.45, 2.75) is 6.54 Å². The van der Waals surface area contributed by atoms with Crippen LogP contribution in [0.25, 0.3) is 11.0 Å². The minimum Gasteiger partial charge on any atom is -0.368 e. The average Bonchev–Trinajstić information content (AvgIpc) is 2.73. The molecule has 0 spiro atoms. The van der Waals surface area contributed by atoms with E-state index < -0.39 is 0 Å². The molecule has 0 aliphatic rings.